The Balaban J connectivity index is 1.46. The molecule has 3 heterocycles. The number of hydrogen-bond donors (Lipinski definition) is 0. The lowest BCUT2D eigenvalue weighted by atomic mass is 10.0. The highest BCUT2D eigenvalue weighted by Gasteiger charge is 2.27. The van der Waals surface area contributed by atoms with Crippen LogP contribution in [0.3, 0.4) is 0 Å². The van der Waals surface area contributed by atoms with Gasteiger partial charge in [0.2, 0.25) is 11.7 Å². The van der Waals surface area contributed by atoms with Crippen molar-refractivity contribution in [2.24, 2.45) is 5.92 Å². The van der Waals surface area contributed by atoms with E-state index in [0.29, 0.717) is 50.1 Å². The Kier molecular flexibility index (Phi) is 5.18. The molecule has 0 aromatic carbocycles. The molecule has 7 nitrogen and oxygen atoms in total. The molecule has 132 valence electrons. The van der Waals surface area contributed by atoms with Gasteiger partial charge in [-0.3, -0.25) is 14.5 Å². The molecule has 0 N–H and O–H groups in total. The first-order valence-corrected chi connectivity index (χ1v) is 8.75. The Morgan fingerprint density at radius 1 is 1.21 bits per heavy atom. The van der Waals surface area contributed by atoms with Crippen LogP contribution in [0.1, 0.15) is 36.0 Å². The Morgan fingerprint density at radius 3 is 2.58 bits per heavy atom. The van der Waals surface area contributed by atoms with Gasteiger partial charge in [0.15, 0.2) is 0 Å². The van der Waals surface area contributed by atoms with Crippen molar-refractivity contribution in [3.05, 3.63) is 17.5 Å². The van der Waals surface area contributed by atoms with Crippen molar-refractivity contribution in [2.75, 3.05) is 45.8 Å². The number of piperidine rings is 1. The molecule has 2 saturated heterocycles. The number of piperazine rings is 1. The van der Waals surface area contributed by atoms with E-state index in [9.17, 15) is 9.59 Å². The number of amides is 2. The number of aromatic nitrogens is 1. The van der Waals surface area contributed by atoms with Gasteiger partial charge in [0, 0.05) is 45.3 Å². The summed E-state index contributed by atoms with van der Waals surface area (Å²) < 4.78 is 5.04. The van der Waals surface area contributed by atoms with E-state index in [1.807, 2.05) is 4.90 Å². The fraction of sp³-hybridized carbons (Fsp3) is 0.706. The van der Waals surface area contributed by atoms with Crippen LogP contribution in [0.15, 0.2) is 10.6 Å². The van der Waals surface area contributed by atoms with E-state index in [1.54, 1.807) is 17.9 Å². The molecule has 2 amide bonds. The summed E-state index contributed by atoms with van der Waals surface area (Å²) in [5.74, 6) is 0.987. The second kappa shape index (κ2) is 7.34. The summed E-state index contributed by atoms with van der Waals surface area (Å²) in [5.41, 5.74) is 0.707. The molecule has 1 aromatic rings. The van der Waals surface area contributed by atoms with Crippen molar-refractivity contribution >= 4 is 11.8 Å². The third-order valence-corrected chi connectivity index (χ3v) is 4.87. The molecular weight excluding hydrogens is 308 g/mol. The predicted molar refractivity (Wildman–Crippen MR) is 88.6 cm³/mol. The number of aryl methyl sites for hydroxylation is 1. The Hall–Kier alpha value is -1.89. The molecule has 3 rings (SSSR count). The van der Waals surface area contributed by atoms with Gasteiger partial charge in [0.1, 0.15) is 0 Å². The largest absolute Gasteiger partial charge is 0.351 e. The van der Waals surface area contributed by atoms with Gasteiger partial charge in [-0.1, -0.05) is 12.1 Å². The Labute approximate surface area is 142 Å². The van der Waals surface area contributed by atoms with E-state index in [1.165, 1.54) is 6.42 Å². The van der Waals surface area contributed by atoms with Gasteiger partial charge in [-0.25, -0.2) is 0 Å². The number of rotatable bonds is 3. The smallest absolute Gasteiger partial charge is 0.292 e. The fourth-order valence-corrected chi connectivity index (χ4v) is 3.44. The SMILES string of the molecule is Cc1cc(C(=O)N2CCN(CC(=O)N3CCCC(C)C3)CC2)on1. The van der Waals surface area contributed by atoms with Crippen LogP contribution in [-0.2, 0) is 4.79 Å². The average Bonchev–Trinajstić information content (AvgIpc) is 3.01. The fourth-order valence-electron chi connectivity index (χ4n) is 3.44. The quantitative estimate of drug-likeness (QED) is 0.825. The molecule has 0 saturated carbocycles. The molecule has 1 atom stereocenters. The third kappa shape index (κ3) is 3.95. The summed E-state index contributed by atoms with van der Waals surface area (Å²) in [6, 6.07) is 1.66. The van der Waals surface area contributed by atoms with Crippen molar-refractivity contribution in [3.8, 4) is 0 Å². The standard InChI is InChI=1S/C17H26N4O3/c1-13-4-3-5-21(11-13)16(22)12-19-6-8-20(9-7-19)17(23)15-10-14(2)18-24-15/h10,13H,3-9,11-12H2,1-2H3. The van der Waals surface area contributed by atoms with Crippen molar-refractivity contribution < 1.29 is 14.1 Å². The van der Waals surface area contributed by atoms with Gasteiger partial charge in [0.05, 0.1) is 12.2 Å². The van der Waals surface area contributed by atoms with E-state index in [-0.39, 0.29) is 11.8 Å². The lowest BCUT2D eigenvalue weighted by Crippen LogP contribution is -2.52. The number of carbonyl (C=O) groups excluding carboxylic acids is 2. The number of likely N-dealkylation sites (tertiary alicyclic amines) is 1. The molecule has 1 aromatic heterocycles. The zero-order chi connectivity index (χ0) is 17.1. The van der Waals surface area contributed by atoms with Crippen LogP contribution < -0.4 is 0 Å². The maximum atomic E-state index is 12.4. The molecule has 0 radical (unpaired) electrons. The highest BCUT2D eigenvalue weighted by molar-refractivity contribution is 5.91. The molecule has 7 heteroatoms. The van der Waals surface area contributed by atoms with Crippen LogP contribution in [0.25, 0.3) is 0 Å². The molecule has 0 aliphatic carbocycles. The lowest BCUT2D eigenvalue weighted by Gasteiger charge is -2.36. The van der Waals surface area contributed by atoms with E-state index >= 15 is 0 Å². The molecule has 2 aliphatic rings. The predicted octanol–water partition coefficient (Wildman–Crippen LogP) is 0.999. The second-order valence-electron chi connectivity index (χ2n) is 6.99. The minimum Gasteiger partial charge on any atom is -0.351 e. The highest BCUT2D eigenvalue weighted by Crippen LogP contribution is 2.16. The van der Waals surface area contributed by atoms with Crippen LogP contribution in [0, 0.1) is 12.8 Å². The van der Waals surface area contributed by atoms with Gasteiger partial charge in [-0.05, 0) is 25.7 Å². The number of hydrogen-bond acceptors (Lipinski definition) is 5. The zero-order valence-electron chi connectivity index (χ0n) is 14.5. The first-order chi connectivity index (χ1) is 11.5. The summed E-state index contributed by atoms with van der Waals surface area (Å²) in [6.07, 6.45) is 2.32. The van der Waals surface area contributed by atoms with Gasteiger partial charge in [0.25, 0.3) is 5.91 Å². The zero-order valence-corrected chi connectivity index (χ0v) is 14.5. The van der Waals surface area contributed by atoms with Gasteiger partial charge >= 0.3 is 0 Å². The normalized spacial score (nSPS) is 22.7. The molecule has 1 unspecified atom stereocenters. The second-order valence-corrected chi connectivity index (χ2v) is 6.99. The third-order valence-electron chi connectivity index (χ3n) is 4.87. The minimum absolute atomic E-state index is 0.119. The Bertz CT molecular complexity index is 592. The maximum Gasteiger partial charge on any atom is 0.292 e. The van der Waals surface area contributed by atoms with Crippen molar-refractivity contribution in [2.45, 2.75) is 26.7 Å². The summed E-state index contributed by atoms with van der Waals surface area (Å²) >= 11 is 0. The lowest BCUT2D eigenvalue weighted by molar-refractivity contribution is -0.134. The van der Waals surface area contributed by atoms with Crippen LogP contribution in [0.2, 0.25) is 0 Å². The van der Waals surface area contributed by atoms with Gasteiger partial charge in [-0.2, -0.15) is 0 Å². The van der Waals surface area contributed by atoms with Crippen LogP contribution in [0.4, 0.5) is 0 Å². The van der Waals surface area contributed by atoms with Crippen molar-refractivity contribution in [1.29, 1.82) is 0 Å². The van der Waals surface area contributed by atoms with Crippen molar-refractivity contribution in [3.63, 3.8) is 0 Å². The highest BCUT2D eigenvalue weighted by atomic mass is 16.5. The summed E-state index contributed by atoms with van der Waals surface area (Å²) in [7, 11) is 0. The maximum absolute atomic E-state index is 12.4. The molecule has 2 aliphatic heterocycles. The first-order valence-electron chi connectivity index (χ1n) is 8.75. The van der Waals surface area contributed by atoms with E-state index < -0.39 is 0 Å². The van der Waals surface area contributed by atoms with Crippen LogP contribution >= 0.6 is 0 Å². The summed E-state index contributed by atoms with van der Waals surface area (Å²) in [4.78, 5) is 30.6. The van der Waals surface area contributed by atoms with Crippen LogP contribution in [0.5, 0.6) is 0 Å². The molecule has 0 spiro atoms. The monoisotopic (exact) mass is 334 g/mol. The molecule has 24 heavy (non-hydrogen) atoms. The number of nitrogens with zero attached hydrogens (tertiary/aromatic N) is 4. The minimum atomic E-state index is -0.119. The van der Waals surface area contributed by atoms with E-state index in [2.05, 4.69) is 17.0 Å². The number of carbonyl (C=O) groups is 2. The van der Waals surface area contributed by atoms with Crippen molar-refractivity contribution in [1.82, 2.24) is 19.9 Å². The molecular formula is C17H26N4O3. The average molecular weight is 334 g/mol. The summed E-state index contributed by atoms with van der Waals surface area (Å²) in [6.45, 7) is 8.87. The summed E-state index contributed by atoms with van der Waals surface area (Å²) in [5, 5.41) is 3.76. The van der Waals surface area contributed by atoms with Crippen LogP contribution in [-0.4, -0.2) is 77.5 Å². The topological polar surface area (TPSA) is 69.9 Å². The molecule has 2 fully saturated rings. The van der Waals surface area contributed by atoms with Gasteiger partial charge < -0.3 is 14.3 Å². The first kappa shape index (κ1) is 17.0. The molecule has 0 bridgehead atoms. The van der Waals surface area contributed by atoms with E-state index in [4.69, 9.17) is 4.52 Å². The van der Waals surface area contributed by atoms with E-state index in [0.717, 1.165) is 19.5 Å². The Morgan fingerprint density at radius 2 is 1.96 bits per heavy atom. The van der Waals surface area contributed by atoms with Gasteiger partial charge in [-0.15, -0.1) is 0 Å².